The topological polar surface area (TPSA) is 57.6 Å². The number of hydrogen-bond acceptors (Lipinski definition) is 3. The van der Waals surface area contributed by atoms with Crippen molar-refractivity contribution in [2.24, 2.45) is 11.3 Å². The molecule has 1 atom stereocenters. The molecule has 0 bridgehead atoms. The van der Waals surface area contributed by atoms with Crippen molar-refractivity contribution in [1.29, 1.82) is 0 Å². The maximum absolute atomic E-state index is 12.2. The van der Waals surface area contributed by atoms with E-state index >= 15 is 0 Å². The van der Waals surface area contributed by atoms with Gasteiger partial charge in [-0.15, -0.1) is 11.3 Å². The average Bonchev–Trinajstić information content (AvgIpc) is 3.00. The van der Waals surface area contributed by atoms with Crippen molar-refractivity contribution in [1.82, 2.24) is 4.90 Å². The van der Waals surface area contributed by atoms with Gasteiger partial charge in [0.15, 0.2) is 0 Å². The standard InChI is InChI=1S/C15H18ClNO3S/c16-10-7-11(21-9-10)1-2-13(18)17-5-3-15(4-6-17)8-12(15)14(19)20/h7,9,12H,1-6,8H2,(H,19,20). The number of hydrogen-bond donors (Lipinski definition) is 1. The van der Waals surface area contributed by atoms with Gasteiger partial charge < -0.3 is 10.0 Å². The van der Waals surface area contributed by atoms with E-state index in [0.717, 1.165) is 35.6 Å². The maximum Gasteiger partial charge on any atom is 0.307 e. The number of amides is 1. The molecule has 21 heavy (non-hydrogen) atoms. The summed E-state index contributed by atoms with van der Waals surface area (Å²) >= 11 is 7.45. The predicted molar refractivity (Wildman–Crippen MR) is 81.6 cm³/mol. The zero-order valence-electron chi connectivity index (χ0n) is 11.7. The fourth-order valence-electron chi connectivity index (χ4n) is 3.32. The van der Waals surface area contributed by atoms with E-state index in [0.29, 0.717) is 19.5 Å². The maximum atomic E-state index is 12.2. The third-order valence-electron chi connectivity index (χ3n) is 4.81. The summed E-state index contributed by atoms with van der Waals surface area (Å²) in [5, 5.41) is 11.7. The van der Waals surface area contributed by atoms with E-state index in [9.17, 15) is 9.59 Å². The highest BCUT2D eigenvalue weighted by molar-refractivity contribution is 7.10. The van der Waals surface area contributed by atoms with Crippen molar-refractivity contribution >= 4 is 34.8 Å². The molecule has 2 aliphatic rings. The van der Waals surface area contributed by atoms with Crippen molar-refractivity contribution in [3.05, 3.63) is 21.3 Å². The summed E-state index contributed by atoms with van der Waals surface area (Å²) in [6.07, 6.45) is 3.70. The molecule has 3 rings (SSSR count). The number of carbonyl (C=O) groups is 2. The van der Waals surface area contributed by atoms with Crippen LogP contribution in [0.15, 0.2) is 11.4 Å². The van der Waals surface area contributed by atoms with Crippen molar-refractivity contribution < 1.29 is 14.7 Å². The first kappa shape index (κ1) is 14.9. The highest BCUT2D eigenvalue weighted by Crippen LogP contribution is 2.59. The first-order valence-corrected chi connectivity index (χ1v) is 8.49. The van der Waals surface area contributed by atoms with Crippen LogP contribution < -0.4 is 0 Å². The third-order valence-corrected chi connectivity index (χ3v) is 6.15. The molecule has 1 N–H and O–H groups in total. The molecule has 1 aromatic heterocycles. The molecule has 1 amide bonds. The number of carbonyl (C=O) groups excluding carboxylic acids is 1. The van der Waals surface area contributed by atoms with Gasteiger partial charge in [0, 0.05) is 29.8 Å². The normalized spacial score (nSPS) is 23.3. The Kier molecular flexibility index (Phi) is 3.97. The SMILES string of the molecule is O=C(O)C1CC12CCN(C(=O)CCc1cc(Cl)cs1)CC2. The van der Waals surface area contributed by atoms with E-state index in [4.69, 9.17) is 16.7 Å². The van der Waals surface area contributed by atoms with Crippen LogP contribution in [0.5, 0.6) is 0 Å². The van der Waals surface area contributed by atoms with Crippen LogP contribution in [0.3, 0.4) is 0 Å². The molecule has 0 radical (unpaired) electrons. The predicted octanol–water partition coefficient (Wildman–Crippen LogP) is 3.05. The average molecular weight is 328 g/mol. The van der Waals surface area contributed by atoms with Gasteiger partial charge in [0.2, 0.25) is 5.91 Å². The van der Waals surface area contributed by atoms with E-state index in [1.54, 1.807) is 11.3 Å². The molecule has 4 nitrogen and oxygen atoms in total. The summed E-state index contributed by atoms with van der Waals surface area (Å²) in [6.45, 7) is 1.40. The Morgan fingerprint density at radius 2 is 2.14 bits per heavy atom. The number of aryl methyl sites for hydroxylation is 1. The molecule has 6 heteroatoms. The fourth-order valence-corrected chi connectivity index (χ4v) is 4.40. The van der Waals surface area contributed by atoms with Crippen molar-refractivity contribution in [2.75, 3.05) is 13.1 Å². The molecule has 1 unspecified atom stereocenters. The van der Waals surface area contributed by atoms with E-state index in [1.807, 2.05) is 16.3 Å². The van der Waals surface area contributed by atoms with Gasteiger partial charge in [0.1, 0.15) is 0 Å². The monoisotopic (exact) mass is 327 g/mol. The summed E-state index contributed by atoms with van der Waals surface area (Å²) < 4.78 is 0. The van der Waals surface area contributed by atoms with Crippen LogP contribution in [0.25, 0.3) is 0 Å². The number of carboxylic acid groups (broad SMARTS) is 1. The van der Waals surface area contributed by atoms with E-state index < -0.39 is 5.97 Å². The van der Waals surface area contributed by atoms with Crippen molar-refractivity contribution in [3.8, 4) is 0 Å². The second-order valence-corrected chi connectivity index (χ2v) is 7.50. The number of halogens is 1. The van der Waals surface area contributed by atoms with Crippen molar-refractivity contribution in [3.63, 3.8) is 0 Å². The molecule has 1 aliphatic heterocycles. The summed E-state index contributed by atoms with van der Waals surface area (Å²) in [4.78, 5) is 26.2. The molecule has 2 heterocycles. The molecule has 1 saturated heterocycles. The molecule has 0 aromatic carbocycles. The number of thiophene rings is 1. The molecule has 1 aromatic rings. The van der Waals surface area contributed by atoms with E-state index in [1.165, 1.54) is 0 Å². The largest absolute Gasteiger partial charge is 0.481 e. The second-order valence-electron chi connectivity index (χ2n) is 6.07. The lowest BCUT2D eigenvalue weighted by Crippen LogP contribution is -2.40. The lowest BCUT2D eigenvalue weighted by atomic mass is 9.90. The molecule has 2 fully saturated rings. The number of carboxylic acids is 1. The van der Waals surface area contributed by atoms with E-state index in [-0.39, 0.29) is 17.2 Å². The van der Waals surface area contributed by atoms with Crippen LogP contribution in [0.4, 0.5) is 0 Å². The summed E-state index contributed by atoms with van der Waals surface area (Å²) in [7, 11) is 0. The van der Waals surface area contributed by atoms with Crippen LogP contribution in [0.1, 0.15) is 30.6 Å². The Labute approximate surface area is 132 Å². The zero-order valence-corrected chi connectivity index (χ0v) is 13.3. The highest BCUT2D eigenvalue weighted by Gasteiger charge is 2.59. The Morgan fingerprint density at radius 1 is 1.43 bits per heavy atom. The smallest absolute Gasteiger partial charge is 0.307 e. The Bertz CT molecular complexity index is 563. The number of rotatable bonds is 4. The Balaban J connectivity index is 1.46. The first-order chi connectivity index (χ1) is 10.00. The molecule has 1 saturated carbocycles. The summed E-state index contributed by atoms with van der Waals surface area (Å²) in [6, 6.07) is 1.91. The van der Waals surface area contributed by atoms with Crippen LogP contribution in [0, 0.1) is 11.3 Å². The minimum absolute atomic E-state index is 0.0100. The minimum atomic E-state index is -0.677. The lowest BCUT2D eigenvalue weighted by molar-refractivity contribution is -0.139. The molecule has 1 aliphatic carbocycles. The highest BCUT2D eigenvalue weighted by atomic mass is 35.5. The van der Waals surface area contributed by atoms with Gasteiger partial charge in [0.25, 0.3) is 0 Å². The van der Waals surface area contributed by atoms with Gasteiger partial charge in [-0.1, -0.05) is 11.6 Å². The van der Waals surface area contributed by atoms with Crippen LogP contribution in [-0.2, 0) is 16.0 Å². The van der Waals surface area contributed by atoms with Gasteiger partial charge in [-0.2, -0.15) is 0 Å². The first-order valence-electron chi connectivity index (χ1n) is 7.24. The third kappa shape index (κ3) is 3.09. The van der Waals surface area contributed by atoms with Crippen LogP contribution in [0.2, 0.25) is 5.02 Å². The zero-order chi connectivity index (χ0) is 15.0. The Hall–Kier alpha value is -1.07. The Morgan fingerprint density at radius 3 is 2.67 bits per heavy atom. The van der Waals surface area contributed by atoms with Crippen molar-refractivity contribution in [2.45, 2.75) is 32.1 Å². The number of nitrogens with zero attached hydrogens (tertiary/aromatic N) is 1. The molecular weight excluding hydrogens is 310 g/mol. The van der Waals surface area contributed by atoms with Gasteiger partial charge in [0.05, 0.1) is 10.9 Å². The van der Waals surface area contributed by atoms with Gasteiger partial charge >= 0.3 is 5.97 Å². The second kappa shape index (κ2) is 5.61. The van der Waals surface area contributed by atoms with Gasteiger partial charge in [-0.3, -0.25) is 9.59 Å². The summed E-state index contributed by atoms with van der Waals surface area (Å²) in [5.74, 6) is -0.686. The van der Waals surface area contributed by atoms with Crippen LogP contribution >= 0.6 is 22.9 Å². The van der Waals surface area contributed by atoms with Gasteiger partial charge in [-0.25, -0.2) is 0 Å². The van der Waals surface area contributed by atoms with Crippen LogP contribution in [-0.4, -0.2) is 35.0 Å². The van der Waals surface area contributed by atoms with Gasteiger partial charge in [-0.05, 0) is 37.2 Å². The number of piperidine rings is 1. The quantitative estimate of drug-likeness (QED) is 0.924. The number of likely N-dealkylation sites (tertiary alicyclic amines) is 1. The molecular formula is C15H18ClNO3S. The molecule has 1 spiro atoms. The molecule has 114 valence electrons. The fraction of sp³-hybridized carbons (Fsp3) is 0.600. The minimum Gasteiger partial charge on any atom is -0.481 e. The number of aliphatic carboxylic acids is 1. The van der Waals surface area contributed by atoms with E-state index in [2.05, 4.69) is 0 Å². The summed E-state index contributed by atoms with van der Waals surface area (Å²) in [5.41, 5.74) is -0.0100. The lowest BCUT2D eigenvalue weighted by Gasteiger charge is -2.32.